The molecule has 2 aliphatic heterocycles. The highest BCUT2D eigenvalue weighted by molar-refractivity contribution is 5.82. The minimum absolute atomic E-state index is 0.0568. The summed E-state index contributed by atoms with van der Waals surface area (Å²) >= 11 is 0. The van der Waals surface area contributed by atoms with Gasteiger partial charge in [0.2, 0.25) is 5.91 Å². The molecule has 5 nitrogen and oxygen atoms in total. The van der Waals surface area contributed by atoms with Gasteiger partial charge in [0.05, 0.1) is 12.1 Å². The Bertz CT molecular complexity index is 332. The molecule has 3 aliphatic rings. The Labute approximate surface area is 108 Å². The van der Waals surface area contributed by atoms with Gasteiger partial charge in [-0.25, -0.2) is 0 Å². The molecule has 3 rings (SSSR count). The second-order valence-electron chi connectivity index (χ2n) is 6.07. The number of likely N-dealkylation sites (tertiary alicyclic amines) is 1. The molecular formula is C13H23N3O2. The quantitative estimate of drug-likeness (QED) is 0.631. The number of β-amino-alcohol motifs (C(OH)–C–C–N with tert-alkyl or cyclic N) is 1. The molecular weight excluding hydrogens is 230 g/mol. The highest BCUT2D eigenvalue weighted by Gasteiger charge is 2.40. The summed E-state index contributed by atoms with van der Waals surface area (Å²) in [6.45, 7) is 3.78. The number of aliphatic hydroxyl groups is 1. The van der Waals surface area contributed by atoms with E-state index in [1.54, 1.807) is 0 Å². The van der Waals surface area contributed by atoms with Crippen LogP contribution in [-0.2, 0) is 4.79 Å². The maximum atomic E-state index is 12.0. The van der Waals surface area contributed by atoms with Crippen LogP contribution in [0.3, 0.4) is 0 Å². The molecule has 2 heterocycles. The van der Waals surface area contributed by atoms with Crippen LogP contribution in [0.5, 0.6) is 0 Å². The fraction of sp³-hybridized carbons (Fsp3) is 0.923. The van der Waals surface area contributed by atoms with Crippen molar-refractivity contribution in [1.29, 1.82) is 0 Å². The van der Waals surface area contributed by atoms with Gasteiger partial charge in [0.1, 0.15) is 0 Å². The van der Waals surface area contributed by atoms with Crippen LogP contribution in [0, 0.1) is 0 Å². The number of aliphatic hydroxyl groups excluding tert-OH is 1. The first kappa shape index (κ1) is 12.4. The van der Waals surface area contributed by atoms with Crippen LogP contribution in [0.4, 0.5) is 0 Å². The minimum atomic E-state index is -0.369. The normalized spacial score (nSPS) is 41.2. The summed E-state index contributed by atoms with van der Waals surface area (Å²) in [4.78, 5) is 14.6. The first-order valence-electron chi connectivity index (χ1n) is 7.11. The number of amides is 1. The summed E-state index contributed by atoms with van der Waals surface area (Å²) in [5.74, 6) is 0.0568. The molecule has 18 heavy (non-hydrogen) atoms. The summed E-state index contributed by atoms with van der Waals surface area (Å²) in [7, 11) is 0. The van der Waals surface area contributed by atoms with Gasteiger partial charge in [-0.15, -0.1) is 0 Å². The van der Waals surface area contributed by atoms with Gasteiger partial charge in [-0.1, -0.05) is 0 Å². The molecule has 0 bridgehead atoms. The fourth-order valence-electron chi connectivity index (χ4n) is 3.29. The summed E-state index contributed by atoms with van der Waals surface area (Å²) in [5, 5.41) is 15.6. The second kappa shape index (κ2) is 4.79. The average Bonchev–Trinajstić information content (AvgIpc) is 2.97. The van der Waals surface area contributed by atoms with Gasteiger partial charge in [0.15, 0.2) is 0 Å². The van der Waals surface area contributed by atoms with Crippen LogP contribution in [0.2, 0.25) is 0 Å². The van der Waals surface area contributed by atoms with Crippen LogP contribution in [0.1, 0.15) is 32.6 Å². The SMILES string of the molecule is CC1CC(NC(=O)C2CC(O)CN2)CN1C1CC1. The van der Waals surface area contributed by atoms with Gasteiger partial charge in [0.25, 0.3) is 0 Å². The van der Waals surface area contributed by atoms with E-state index in [0.717, 1.165) is 19.0 Å². The zero-order chi connectivity index (χ0) is 12.7. The average molecular weight is 253 g/mol. The maximum absolute atomic E-state index is 12.0. The molecule has 1 aliphatic carbocycles. The largest absolute Gasteiger partial charge is 0.392 e. The highest BCUT2D eigenvalue weighted by atomic mass is 16.3. The lowest BCUT2D eigenvalue weighted by Gasteiger charge is -2.20. The highest BCUT2D eigenvalue weighted by Crippen LogP contribution is 2.33. The molecule has 2 saturated heterocycles. The van der Waals surface area contributed by atoms with E-state index in [-0.39, 0.29) is 24.1 Å². The maximum Gasteiger partial charge on any atom is 0.237 e. The molecule has 3 N–H and O–H groups in total. The van der Waals surface area contributed by atoms with Gasteiger partial charge in [0, 0.05) is 31.2 Å². The molecule has 0 aromatic rings. The molecule has 0 aromatic carbocycles. The predicted octanol–water partition coefficient (Wildman–Crippen LogP) is -0.549. The van der Waals surface area contributed by atoms with Crippen molar-refractivity contribution >= 4 is 5.91 Å². The number of hydrogen-bond acceptors (Lipinski definition) is 4. The van der Waals surface area contributed by atoms with E-state index in [1.807, 2.05) is 0 Å². The van der Waals surface area contributed by atoms with Crippen LogP contribution in [0.25, 0.3) is 0 Å². The number of carbonyl (C=O) groups is 1. The van der Waals surface area contributed by atoms with E-state index in [1.165, 1.54) is 12.8 Å². The number of carbonyl (C=O) groups excluding carboxylic acids is 1. The lowest BCUT2D eigenvalue weighted by atomic mass is 10.1. The van der Waals surface area contributed by atoms with E-state index in [0.29, 0.717) is 19.0 Å². The van der Waals surface area contributed by atoms with Crippen molar-refractivity contribution in [3.05, 3.63) is 0 Å². The smallest absolute Gasteiger partial charge is 0.237 e. The number of hydrogen-bond donors (Lipinski definition) is 3. The third-order valence-corrected chi connectivity index (χ3v) is 4.41. The fourth-order valence-corrected chi connectivity index (χ4v) is 3.29. The second-order valence-corrected chi connectivity index (χ2v) is 6.07. The molecule has 5 heteroatoms. The van der Waals surface area contributed by atoms with Gasteiger partial charge < -0.3 is 15.7 Å². The zero-order valence-electron chi connectivity index (χ0n) is 10.9. The van der Waals surface area contributed by atoms with Crippen molar-refractivity contribution in [1.82, 2.24) is 15.5 Å². The molecule has 3 fully saturated rings. The monoisotopic (exact) mass is 253 g/mol. The Morgan fingerprint density at radius 3 is 2.78 bits per heavy atom. The Hall–Kier alpha value is -0.650. The summed E-state index contributed by atoms with van der Waals surface area (Å²) in [6.07, 6.45) is 3.87. The van der Waals surface area contributed by atoms with Crippen LogP contribution >= 0.6 is 0 Å². The Morgan fingerprint density at radius 1 is 1.39 bits per heavy atom. The number of nitrogens with one attached hydrogen (secondary N) is 2. The number of rotatable bonds is 3. The van der Waals surface area contributed by atoms with Crippen LogP contribution < -0.4 is 10.6 Å². The predicted molar refractivity (Wildman–Crippen MR) is 68.2 cm³/mol. The van der Waals surface area contributed by atoms with Crippen LogP contribution in [-0.4, -0.2) is 59.3 Å². The number of nitrogens with zero attached hydrogens (tertiary/aromatic N) is 1. The summed E-state index contributed by atoms with van der Waals surface area (Å²) < 4.78 is 0. The molecule has 0 radical (unpaired) electrons. The third kappa shape index (κ3) is 2.53. The molecule has 1 saturated carbocycles. The zero-order valence-corrected chi connectivity index (χ0v) is 10.9. The first-order chi connectivity index (χ1) is 8.63. The van der Waals surface area contributed by atoms with Crippen molar-refractivity contribution in [2.45, 2.75) is 62.9 Å². The molecule has 0 aromatic heterocycles. The van der Waals surface area contributed by atoms with Crippen molar-refractivity contribution in [2.75, 3.05) is 13.1 Å². The molecule has 4 unspecified atom stereocenters. The lowest BCUT2D eigenvalue weighted by Crippen LogP contribution is -2.46. The van der Waals surface area contributed by atoms with Crippen molar-refractivity contribution in [3.63, 3.8) is 0 Å². The van der Waals surface area contributed by atoms with E-state index in [4.69, 9.17) is 0 Å². The van der Waals surface area contributed by atoms with Crippen molar-refractivity contribution in [2.24, 2.45) is 0 Å². The minimum Gasteiger partial charge on any atom is -0.392 e. The van der Waals surface area contributed by atoms with Gasteiger partial charge in [-0.3, -0.25) is 9.69 Å². The van der Waals surface area contributed by atoms with Crippen molar-refractivity contribution < 1.29 is 9.90 Å². The standard InChI is InChI=1S/C13H23N3O2/c1-8-4-9(7-16(8)10-2-3-10)15-13(18)12-5-11(17)6-14-12/h8-12,14,17H,2-7H2,1H3,(H,15,18). The molecule has 1 amide bonds. The Balaban J connectivity index is 1.49. The molecule has 102 valence electrons. The van der Waals surface area contributed by atoms with Gasteiger partial charge >= 0.3 is 0 Å². The first-order valence-corrected chi connectivity index (χ1v) is 7.11. The van der Waals surface area contributed by atoms with Crippen LogP contribution in [0.15, 0.2) is 0 Å². The van der Waals surface area contributed by atoms with Crippen molar-refractivity contribution in [3.8, 4) is 0 Å². The summed E-state index contributed by atoms with van der Waals surface area (Å²) in [5.41, 5.74) is 0. The van der Waals surface area contributed by atoms with E-state index in [9.17, 15) is 9.90 Å². The van der Waals surface area contributed by atoms with E-state index >= 15 is 0 Å². The summed E-state index contributed by atoms with van der Waals surface area (Å²) in [6, 6.07) is 1.44. The van der Waals surface area contributed by atoms with Gasteiger partial charge in [-0.05, 0) is 32.6 Å². The lowest BCUT2D eigenvalue weighted by molar-refractivity contribution is -0.123. The molecule has 0 spiro atoms. The van der Waals surface area contributed by atoms with Gasteiger partial charge in [-0.2, -0.15) is 0 Å². The topological polar surface area (TPSA) is 64.6 Å². The third-order valence-electron chi connectivity index (χ3n) is 4.41. The Morgan fingerprint density at radius 2 is 2.17 bits per heavy atom. The van der Waals surface area contributed by atoms with E-state index < -0.39 is 0 Å². The van der Waals surface area contributed by atoms with E-state index in [2.05, 4.69) is 22.5 Å². The Kier molecular flexibility index (Phi) is 3.30. The molecule has 4 atom stereocenters.